The standard InChI is InChI=1S/C21H21N3O2/c1-16-7-3-4-8-19(16)24-23-14-17-10-11-20(25-2)18(13-17)15-26-21-9-5-6-12-22-21/h3-14,24H,15H2,1-2H3. The summed E-state index contributed by atoms with van der Waals surface area (Å²) in [4.78, 5) is 4.16. The molecule has 0 saturated heterocycles. The number of methoxy groups -OCH3 is 1. The number of nitrogens with one attached hydrogen (secondary N) is 1. The molecule has 0 aliphatic rings. The van der Waals surface area contributed by atoms with Crippen molar-refractivity contribution in [1.82, 2.24) is 4.98 Å². The first-order chi connectivity index (χ1) is 12.8. The fraction of sp³-hybridized carbons (Fsp3) is 0.143. The lowest BCUT2D eigenvalue weighted by Crippen LogP contribution is -2.01. The predicted molar refractivity (Wildman–Crippen MR) is 104 cm³/mol. The van der Waals surface area contributed by atoms with Crippen LogP contribution in [0.15, 0.2) is 72.0 Å². The molecule has 0 atom stereocenters. The van der Waals surface area contributed by atoms with E-state index in [0.717, 1.165) is 28.1 Å². The molecular formula is C21H21N3O2. The minimum atomic E-state index is 0.368. The topological polar surface area (TPSA) is 55.7 Å². The van der Waals surface area contributed by atoms with E-state index in [4.69, 9.17) is 9.47 Å². The number of aryl methyl sites for hydroxylation is 1. The molecule has 132 valence electrons. The predicted octanol–water partition coefficient (Wildman–Crippen LogP) is 4.42. The van der Waals surface area contributed by atoms with Gasteiger partial charge in [0.2, 0.25) is 5.88 Å². The maximum absolute atomic E-state index is 5.73. The van der Waals surface area contributed by atoms with E-state index in [1.54, 1.807) is 19.5 Å². The molecule has 1 N–H and O–H groups in total. The van der Waals surface area contributed by atoms with Gasteiger partial charge in [-0.05, 0) is 48.4 Å². The molecule has 0 fully saturated rings. The second-order valence-corrected chi connectivity index (χ2v) is 5.71. The van der Waals surface area contributed by atoms with Gasteiger partial charge in [0.15, 0.2) is 0 Å². The second kappa shape index (κ2) is 8.67. The molecule has 0 amide bonds. The number of para-hydroxylation sites is 1. The Morgan fingerprint density at radius 3 is 2.69 bits per heavy atom. The molecule has 1 aromatic heterocycles. The quantitative estimate of drug-likeness (QED) is 0.508. The van der Waals surface area contributed by atoms with Gasteiger partial charge in [-0.25, -0.2) is 4.98 Å². The Bertz CT molecular complexity index is 879. The fourth-order valence-electron chi connectivity index (χ4n) is 2.45. The Hall–Kier alpha value is -3.34. The van der Waals surface area contributed by atoms with Crippen LogP contribution in [0.25, 0.3) is 0 Å². The van der Waals surface area contributed by atoms with Crippen molar-refractivity contribution in [1.29, 1.82) is 0 Å². The van der Waals surface area contributed by atoms with Crippen molar-refractivity contribution in [3.8, 4) is 11.6 Å². The zero-order chi connectivity index (χ0) is 18.2. The molecule has 0 bridgehead atoms. The van der Waals surface area contributed by atoms with Gasteiger partial charge in [0.05, 0.1) is 19.0 Å². The van der Waals surface area contributed by atoms with E-state index in [1.165, 1.54) is 0 Å². The number of pyridine rings is 1. The van der Waals surface area contributed by atoms with E-state index in [9.17, 15) is 0 Å². The first-order valence-corrected chi connectivity index (χ1v) is 8.32. The van der Waals surface area contributed by atoms with Gasteiger partial charge in [-0.3, -0.25) is 5.43 Å². The number of nitrogens with zero attached hydrogens (tertiary/aromatic N) is 2. The van der Waals surface area contributed by atoms with Crippen LogP contribution in [-0.2, 0) is 6.61 Å². The van der Waals surface area contributed by atoms with Crippen LogP contribution >= 0.6 is 0 Å². The molecule has 5 nitrogen and oxygen atoms in total. The lowest BCUT2D eigenvalue weighted by Gasteiger charge is -2.10. The third-order valence-corrected chi connectivity index (χ3v) is 3.86. The van der Waals surface area contributed by atoms with Crippen molar-refractivity contribution in [2.75, 3.05) is 12.5 Å². The van der Waals surface area contributed by atoms with Gasteiger partial charge in [-0.2, -0.15) is 5.10 Å². The largest absolute Gasteiger partial charge is 0.496 e. The van der Waals surface area contributed by atoms with Gasteiger partial charge in [0, 0.05) is 17.8 Å². The number of hydrogen-bond acceptors (Lipinski definition) is 5. The Labute approximate surface area is 153 Å². The molecule has 0 spiro atoms. The van der Waals surface area contributed by atoms with Crippen molar-refractivity contribution >= 4 is 11.9 Å². The molecule has 0 saturated carbocycles. The summed E-state index contributed by atoms with van der Waals surface area (Å²) < 4.78 is 11.1. The third kappa shape index (κ3) is 4.60. The van der Waals surface area contributed by atoms with Crippen LogP contribution in [0.5, 0.6) is 11.6 Å². The van der Waals surface area contributed by atoms with Crippen LogP contribution in [0.2, 0.25) is 0 Å². The molecule has 0 aliphatic heterocycles. The van der Waals surface area contributed by atoms with Gasteiger partial charge in [-0.15, -0.1) is 0 Å². The van der Waals surface area contributed by atoms with Gasteiger partial charge in [0.25, 0.3) is 0 Å². The van der Waals surface area contributed by atoms with E-state index in [-0.39, 0.29) is 0 Å². The van der Waals surface area contributed by atoms with Crippen molar-refractivity contribution in [3.63, 3.8) is 0 Å². The van der Waals surface area contributed by atoms with Gasteiger partial charge < -0.3 is 9.47 Å². The number of hydrogen-bond donors (Lipinski definition) is 1. The van der Waals surface area contributed by atoms with Crippen LogP contribution < -0.4 is 14.9 Å². The van der Waals surface area contributed by atoms with Crippen molar-refractivity contribution < 1.29 is 9.47 Å². The lowest BCUT2D eigenvalue weighted by atomic mass is 10.1. The maximum atomic E-state index is 5.73. The molecule has 5 heteroatoms. The van der Waals surface area contributed by atoms with Gasteiger partial charge in [0.1, 0.15) is 12.4 Å². The number of ether oxygens (including phenoxy) is 2. The van der Waals surface area contributed by atoms with Crippen molar-refractivity contribution in [2.45, 2.75) is 13.5 Å². The van der Waals surface area contributed by atoms with Crippen LogP contribution in [0, 0.1) is 6.92 Å². The highest BCUT2D eigenvalue weighted by atomic mass is 16.5. The molecule has 0 unspecified atom stereocenters. The third-order valence-electron chi connectivity index (χ3n) is 3.86. The zero-order valence-electron chi connectivity index (χ0n) is 14.8. The van der Waals surface area contributed by atoms with Crippen LogP contribution in [0.3, 0.4) is 0 Å². The number of anilines is 1. The Morgan fingerprint density at radius 2 is 1.92 bits per heavy atom. The molecule has 26 heavy (non-hydrogen) atoms. The highest BCUT2D eigenvalue weighted by Crippen LogP contribution is 2.21. The number of aromatic nitrogens is 1. The molecule has 0 radical (unpaired) electrons. The van der Waals surface area contributed by atoms with Gasteiger partial charge >= 0.3 is 0 Å². The van der Waals surface area contributed by atoms with Gasteiger partial charge in [-0.1, -0.05) is 24.3 Å². The average Bonchev–Trinajstić information content (AvgIpc) is 2.69. The Morgan fingerprint density at radius 1 is 1.08 bits per heavy atom. The normalized spacial score (nSPS) is 10.7. The summed E-state index contributed by atoms with van der Waals surface area (Å²) in [6.07, 6.45) is 3.48. The summed E-state index contributed by atoms with van der Waals surface area (Å²) in [7, 11) is 1.65. The molecule has 3 rings (SSSR count). The smallest absolute Gasteiger partial charge is 0.213 e. The van der Waals surface area contributed by atoms with E-state index in [0.29, 0.717) is 12.5 Å². The second-order valence-electron chi connectivity index (χ2n) is 5.71. The minimum absolute atomic E-state index is 0.368. The molecule has 0 aliphatic carbocycles. The summed E-state index contributed by atoms with van der Waals surface area (Å²) >= 11 is 0. The molecule has 2 aromatic carbocycles. The monoisotopic (exact) mass is 347 g/mol. The molecule has 3 aromatic rings. The average molecular weight is 347 g/mol. The van der Waals surface area contributed by atoms with Crippen LogP contribution in [0.1, 0.15) is 16.7 Å². The van der Waals surface area contributed by atoms with E-state index in [2.05, 4.69) is 15.5 Å². The maximum Gasteiger partial charge on any atom is 0.213 e. The SMILES string of the molecule is COc1ccc(C=NNc2ccccc2C)cc1COc1ccccn1. The van der Waals surface area contributed by atoms with Crippen molar-refractivity contribution in [2.24, 2.45) is 5.10 Å². The summed E-state index contributed by atoms with van der Waals surface area (Å²) in [5.74, 6) is 1.35. The summed E-state index contributed by atoms with van der Waals surface area (Å²) in [6, 6.07) is 19.4. The first-order valence-electron chi connectivity index (χ1n) is 8.32. The van der Waals surface area contributed by atoms with E-state index >= 15 is 0 Å². The summed E-state index contributed by atoms with van der Waals surface area (Å²) in [5.41, 5.74) is 7.07. The van der Waals surface area contributed by atoms with E-state index in [1.807, 2.05) is 67.6 Å². The highest BCUT2D eigenvalue weighted by Gasteiger charge is 2.05. The Balaban J connectivity index is 1.70. The Kier molecular flexibility index (Phi) is 5.83. The fourth-order valence-corrected chi connectivity index (χ4v) is 2.45. The number of rotatable bonds is 7. The van der Waals surface area contributed by atoms with Crippen molar-refractivity contribution in [3.05, 3.63) is 83.6 Å². The van der Waals surface area contributed by atoms with Crippen LogP contribution in [0.4, 0.5) is 5.69 Å². The summed E-state index contributed by atoms with van der Waals surface area (Å²) in [5, 5.41) is 4.32. The van der Waals surface area contributed by atoms with Crippen LogP contribution in [-0.4, -0.2) is 18.3 Å². The molecule has 1 heterocycles. The summed E-state index contributed by atoms with van der Waals surface area (Å²) in [6.45, 7) is 2.41. The number of benzene rings is 2. The first kappa shape index (κ1) is 17.5. The number of hydrazone groups is 1. The molecular weight excluding hydrogens is 326 g/mol. The lowest BCUT2D eigenvalue weighted by molar-refractivity contribution is 0.285. The highest BCUT2D eigenvalue weighted by molar-refractivity contribution is 5.81. The zero-order valence-corrected chi connectivity index (χ0v) is 14.8. The van der Waals surface area contributed by atoms with E-state index < -0.39 is 0 Å². The minimum Gasteiger partial charge on any atom is -0.496 e.